The maximum Gasteiger partial charge on any atom is 0.314 e. The first-order valence-corrected chi connectivity index (χ1v) is 12.9. The first kappa shape index (κ1) is 26.4. The summed E-state index contributed by atoms with van der Waals surface area (Å²) in [6.45, 7) is 4.40. The molecule has 1 aliphatic rings. The lowest BCUT2D eigenvalue weighted by Gasteiger charge is -2.42. The topological polar surface area (TPSA) is 118 Å². The number of piperidine rings is 1. The van der Waals surface area contributed by atoms with Gasteiger partial charge in [0, 0.05) is 36.6 Å². The van der Waals surface area contributed by atoms with Gasteiger partial charge in [-0.2, -0.15) is 0 Å². The zero-order chi connectivity index (χ0) is 26.4. The van der Waals surface area contributed by atoms with Crippen LogP contribution in [-0.4, -0.2) is 59.4 Å². The quantitative estimate of drug-likeness (QED) is 0.387. The third-order valence-electron chi connectivity index (χ3n) is 7.11. The molecular formula is C29H36N4O4. The van der Waals surface area contributed by atoms with Crippen molar-refractivity contribution in [3.63, 3.8) is 0 Å². The number of hydrogen-bond donors (Lipinski definition) is 3. The SMILES string of the molecule is CCOC(=O)[C@]1(Cc2ccccc2)CCCN(C(=O)[C@@H](Cc2c[nH]c3ccccc23)NC(=O)C(C)N)C1. The standard InChI is InChI=1S/C29H36N4O4/c1-3-37-28(36)29(17-21-10-5-4-6-11-21)14-9-15-33(19-29)27(35)25(32-26(34)20(2)30)16-22-18-31-24-13-8-7-12-23(22)24/h4-8,10-13,18,20,25,31H,3,9,14-17,19,30H2,1-2H3,(H,32,34)/t20?,25-,29+/m1/s1. The molecule has 2 amide bonds. The highest BCUT2D eigenvalue weighted by Crippen LogP contribution is 2.36. The lowest BCUT2D eigenvalue weighted by Crippen LogP contribution is -2.58. The Kier molecular flexibility index (Phi) is 8.28. The van der Waals surface area contributed by atoms with Crippen molar-refractivity contribution in [2.24, 2.45) is 11.1 Å². The van der Waals surface area contributed by atoms with Gasteiger partial charge in [0.1, 0.15) is 6.04 Å². The van der Waals surface area contributed by atoms with E-state index in [1.54, 1.807) is 18.7 Å². The molecule has 37 heavy (non-hydrogen) atoms. The number of carbonyl (C=O) groups is 3. The number of carbonyl (C=O) groups excluding carboxylic acids is 3. The minimum atomic E-state index is -0.845. The van der Waals surface area contributed by atoms with Crippen LogP contribution in [0.4, 0.5) is 0 Å². The Labute approximate surface area is 217 Å². The second kappa shape index (κ2) is 11.6. The van der Waals surface area contributed by atoms with Crippen LogP contribution in [0.5, 0.6) is 0 Å². The van der Waals surface area contributed by atoms with Crippen LogP contribution >= 0.6 is 0 Å². The van der Waals surface area contributed by atoms with Crippen molar-refractivity contribution >= 4 is 28.7 Å². The van der Waals surface area contributed by atoms with E-state index in [4.69, 9.17) is 10.5 Å². The number of aromatic nitrogens is 1. The van der Waals surface area contributed by atoms with E-state index in [2.05, 4.69) is 10.3 Å². The van der Waals surface area contributed by atoms with Crippen LogP contribution in [0.3, 0.4) is 0 Å². The van der Waals surface area contributed by atoms with Crippen molar-refractivity contribution in [1.82, 2.24) is 15.2 Å². The van der Waals surface area contributed by atoms with Crippen molar-refractivity contribution < 1.29 is 19.1 Å². The summed E-state index contributed by atoms with van der Waals surface area (Å²) >= 11 is 0. The van der Waals surface area contributed by atoms with Crippen molar-refractivity contribution in [3.8, 4) is 0 Å². The lowest BCUT2D eigenvalue weighted by atomic mass is 9.75. The maximum absolute atomic E-state index is 13.9. The van der Waals surface area contributed by atoms with Crippen LogP contribution in [0.15, 0.2) is 60.8 Å². The van der Waals surface area contributed by atoms with E-state index < -0.39 is 23.4 Å². The number of ether oxygens (including phenoxy) is 1. The Morgan fingerprint density at radius 3 is 2.59 bits per heavy atom. The highest BCUT2D eigenvalue weighted by molar-refractivity contribution is 5.91. The molecule has 0 radical (unpaired) electrons. The van der Waals surface area contributed by atoms with Gasteiger partial charge in [-0.1, -0.05) is 48.5 Å². The first-order chi connectivity index (χ1) is 17.8. The molecule has 196 valence electrons. The number of hydrogen-bond acceptors (Lipinski definition) is 5. The van der Waals surface area contributed by atoms with E-state index >= 15 is 0 Å². The molecule has 4 rings (SSSR count). The Morgan fingerprint density at radius 1 is 1.14 bits per heavy atom. The third kappa shape index (κ3) is 6.02. The predicted molar refractivity (Wildman–Crippen MR) is 143 cm³/mol. The molecular weight excluding hydrogens is 468 g/mol. The van der Waals surface area contributed by atoms with E-state index in [0.29, 0.717) is 32.2 Å². The summed E-state index contributed by atoms with van der Waals surface area (Å²) in [5.74, 6) is -0.902. The van der Waals surface area contributed by atoms with Crippen molar-refractivity contribution in [2.45, 2.75) is 51.6 Å². The number of nitrogens with one attached hydrogen (secondary N) is 2. The second-order valence-electron chi connectivity index (χ2n) is 9.94. The van der Waals surface area contributed by atoms with Gasteiger partial charge < -0.3 is 25.7 Å². The Bertz CT molecular complexity index is 1240. The van der Waals surface area contributed by atoms with Crippen molar-refractivity contribution in [3.05, 3.63) is 71.9 Å². The Balaban J connectivity index is 1.61. The molecule has 8 nitrogen and oxygen atoms in total. The van der Waals surface area contributed by atoms with Gasteiger partial charge in [0.15, 0.2) is 0 Å². The number of nitrogens with two attached hydrogens (primary N) is 1. The molecule has 3 atom stereocenters. The average Bonchev–Trinajstić information content (AvgIpc) is 3.31. The molecule has 1 unspecified atom stereocenters. The van der Waals surface area contributed by atoms with E-state index in [9.17, 15) is 14.4 Å². The minimum Gasteiger partial charge on any atom is -0.466 e. The summed E-state index contributed by atoms with van der Waals surface area (Å²) in [6.07, 6.45) is 3.96. The molecule has 1 aliphatic heterocycles. The van der Waals surface area contributed by atoms with Crippen LogP contribution in [0.25, 0.3) is 10.9 Å². The van der Waals surface area contributed by atoms with E-state index in [0.717, 1.165) is 22.0 Å². The minimum absolute atomic E-state index is 0.222. The van der Waals surface area contributed by atoms with Gasteiger partial charge in [-0.05, 0) is 50.3 Å². The van der Waals surface area contributed by atoms with Crippen molar-refractivity contribution in [1.29, 1.82) is 0 Å². The number of rotatable bonds is 9. The number of para-hydroxylation sites is 1. The summed E-state index contributed by atoms with van der Waals surface area (Å²) in [6, 6.07) is 16.1. The number of amides is 2. The molecule has 8 heteroatoms. The van der Waals surface area contributed by atoms with Crippen LogP contribution in [0, 0.1) is 5.41 Å². The number of aromatic amines is 1. The molecule has 0 bridgehead atoms. The second-order valence-corrected chi connectivity index (χ2v) is 9.94. The van der Waals surface area contributed by atoms with E-state index in [1.165, 1.54) is 0 Å². The highest BCUT2D eigenvalue weighted by atomic mass is 16.5. The summed E-state index contributed by atoms with van der Waals surface area (Å²) in [7, 11) is 0. The molecule has 0 aliphatic carbocycles. The number of benzene rings is 2. The third-order valence-corrected chi connectivity index (χ3v) is 7.11. The molecule has 4 N–H and O–H groups in total. The van der Waals surface area contributed by atoms with Crippen LogP contribution in [-0.2, 0) is 32.0 Å². The lowest BCUT2D eigenvalue weighted by molar-refractivity contribution is -0.161. The summed E-state index contributed by atoms with van der Waals surface area (Å²) in [5, 5.41) is 3.86. The van der Waals surface area contributed by atoms with Gasteiger partial charge in [-0.25, -0.2) is 0 Å². The van der Waals surface area contributed by atoms with E-state index in [1.807, 2.05) is 60.8 Å². The van der Waals surface area contributed by atoms with Crippen LogP contribution in [0.2, 0.25) is 0 Å². The van der Waals surface area contributed by atoms with Gasteiger partial charge in [0.2, 0.25) is 11.8 Å². The first-order valence-electron chi connectivity index (χ1n) is 12.9. The van der Waals surface area contributed by atoms with Gasteiger partial charge in [-0.15, -0.1) is 0 Å². The van der Waals surface area contributed by atoms with Crippen molar-refractivity contribution in [2.75, 3.05) is 19.7 Å². The van der Waals surface area contributed by atoms with Crippen LogP contribution < -0.4 is 11.1 Å². The molecule has 0 spiro atoms. The predicted octanol–water partition coefficient (Wildman–Crippen LogP) is 2.96. The normalized spacial score (nSPS) is 19.3. The maximum atomic E-state index is 13.9. The van der Waals surface area contributed by atoms with Gasteiger partial charge >= 0.3 is 5.97 Å². The number of esters is 1. The zero-order valence-electron chi connectivity index (χ0n) is 21.5. The molecule has 3 aromatic rings. The summed E-state index contributed by atoms with van der Waals surface area (Å²) < 4.78 is 5.51. The fourth-order valence-electron chi connectivity index (χ4n) is 5.22. The molecule has 1 saturated heterocycles. The number of fused-ring (bicyclic) bond motifs is 1. The van der Waals surface area contributed by atoms with E-state index in [-0.39, 0.29) is 25.0 Å². The molecule has 2 heterocycles. The fourth-order valence-corrected chi connectivity index (χ4v) is 5.22. The smallest absolute Gasteiger partial charge is 0.314 e. The zero-order valence-corrected chi connectivity index (χ0v) is 21.5. The molecule has 1 fully saturated rings. The Hall–Kier alpha value is -3.65. The van der Waals surface area contributed by atoms with Gasteiger partial charge in [-0.3, -0.25) is 14.4 Å². The monoisotopic (exact) mass is 504 g/mol. The van der Waals surface area contributed by atoms with Gasteiger partial charge in [0.25, 0.3) is 0 Å². The average molecular weight is 505 g/mol. The summed E-state index contributed by atoms with van der Waals surface area (Å²) in [5.41, 5.74) is 7.89. The summed E-state index contributed by atoms with van der Waals surface area (Å²) in [4.78, 5) is 44.8. The largest absolute Gasteiger partial charge is 0.466 e. The highest BCUT2D eigenvalue weighted by Gasteiger charge is 2.45. The molecule has 2 aromatic carbocycles. The number of H-pyrrole nitrogens is 1. The number of nitrogens with zero attached hydrogens (tertiary/aromatic N) is 1. The van der Waals surface area contributed by atoms with Crippen LogP contribution in [0.1, 0.15) is 37.8 Å². The number of likely N-dealkylation sites (tertiary alicyclic amines) is 1. The Morgan fingerprint density at radius 2 is 1.86 bits per heavy atom. The molecule has 1 aromatic heterocycles. The fraction of sp³-hybridized carbons (Fsp3) is 0.414. The molecule has 0 saturated carbocycles. The van der Waals surface area contributed by atoms with Gasteiger partial charge in [0.05, 0.1) is 18.1 Å².